The number of ether oxygens (including phenoxy) is 1. The lowest BCUT2D eigenvalue weighted by Gasteiger charge is -2.26. The second kappa shape index (κ2) is 6.14. The maximum Gasteiger partial charge on any atom is 0.200 e. The number of halogens is 2. The van der Waals surface area contributed by atoms with E-state index in [0.29, 0.717) is 0 Å². The lowest BCUT2D eigenvalue weighted by molar-refractivity contribution is 0.141. The largest absolute Gasteiger partial charge is 0.486 e. The summed E-state index contributed by atoms with van der Waals surface area (Å²) < 4.78 is 32.4. The third-order valence-electron chi connectivity index (χ3n) is 3.52. The monoisotopic (exact) mass is 255 g/mol. The maximum absolute atomic E-state index is 13.6. The minimum atomic E-state index is -0.892. The molecule has 0 bridgehead atoms. The molecule has 1 aromatic rings. The Bertz CT molecular complexity index is 397. The molecule has 1 aromatic carbocycles. The lowest BCUT2D eigenvalue weighted by atomic mass is 10.1. The molecule has 2 nitrogen and oxygen atoms in total. The highest BCUT2D eigenvalue weighted by molar-refractivity contribution is 5.25. The van der Waals surface area contributed by atoms with E-state index < -0.39 is 11.6 Å². The number of benzene rings is 1. The fourth-order valence-electron chi connectivity index (χ4n) is 2.48. The van der Waals surface area contributed by atoms with Crippen LogP contribution in [0.5, 0.6) is 5.75 Å². The van der Waals surface area contributed by atoms with Gasteiger partial charge in [0.25, 0.3) is 0 Å². The van der Waals surface area contributed by atoms with E-state index in [1.165, 1.54) is 18.6 Å². The van der Waals surface area contributed by atoms with E-state index in [0.717, 1.165) is 31.7 Å². The molecular formula is C14H19F2NO. The van der Waals surface area contributed by atoms with Crippen LogP contribution in [0.1, 0.15) is 32.1 Å². The molecule has 0 radical (unpaired) electrons. The van der Waals surface area contributed by atoms with Crippen molar-refractivity contribution in [3.8, 4) is 5.75 Å². The molecule has 2 rings (SSSR count). The molecular weight excluding hydrogens is 236 g/mol. The molecule has 0 amide bonds. The molecule has 0 spiro atoms. The van der Waals surface area contributed by atoms with Crippen LogP contribution < -0.4 is 10.1 Å². The van der Waals surface area contributed by atoms with Crippen LogP contribution in [0.2, 0.25) is 0 Å². The quantitative estimate of drug-likeness (QED) is 0.837. The molecule has 100 valence electrons. The van der Waals surface area contributed by atoms with Crippen molar-refractivity contribution >= 4 is 0 Å². The Labute approximate surface area is 106 Å². The van der Waals surface area contributed by atoms with Crippen LogP contribution in [-0.2, 0) is 0 Å². The molecule has 1 saturated carbocycles. The van der Waals surface area contributed by atoms with Crippen molar-refractivity contribution in [1.29, 1.82) is 0 Å². The highest BCUT2D eigenvalue weighted by Gasteiger charge is 2.25. The third kappa shape index (κ3) is 2.99. The maximum atomic E-state index is 13.6. The van der Waals surface area contributed by atoms with Gasteiger partial charge in [-0.3, -0.25) is 0 Å². The van der Waals surface area contributed by atoms with Crippen LogP contribution >= 0.6 is 0 Å². The first-order valence-corrected chi connectivity index (χ1v) is 6.50. The van der Waals surface area contributed by atoms with E-state index in [1.807, 2.05) is 7.05 Å². The fourth-order valence-corrected chi connectivity index (χ4v) is 2.48. The van der Waals surface area contributed by atoms with Gasteiger partial charge in [-0.2, -0.15) is 4.39 Å². The standard InChI is InChI=1S/C14H19F2NO/c1-17-11-7-3-2-4-8-12(11)18-13-9-5-6-10(15)14(13)16/h5-6,9,11-12,17H,2-4,7-8H2,1H3. The molecule has 1 aliphatic rings. The van der Waals surface area contributed by atoms with E-state index in [9.17, 15) is 8.78 Å². The number of likely N-dealkylation sites (N-methyl/N-ethyl adjacent to an activating group) is 1. The van der Waals surface area contributed by atoms with Gasteiger partial charge in [0.1, 0.15) is 6.10 Å². The zero-order valence-corrected chi connectivity index (χ0v) is 10.6. The van der Waals surface area contributed by atoms with Crippen molar-refractivity contribution in [1.82, 2.24) is 5.32 Å². The molecule has 4 heteroatoms. The first-order valence-electron chi connectivity index (χ1n) is 6.50. The molecule has 1 fully saturated rings. The van der Waals surface area contributed by atoms with E-state index in [2.05, 4.69) is 5.32 Å². The molecule has 18 heavy (non-hydrogen) atoms. The van der Waals surface area contributed by atoms with E-state index in [4.69, 9.17) is 4.74 Å². The van der Waals surface area contributed by atoms with E-state index in [-0.39, 0.29) is 17.9 Å². The molecule has 1 N–H and O–H groups in total. The second-order valence-corrected chi connectivity index (χ2v) is 4.74. The summed E-state index contributed by atoms with van der Waals surface area (Å²) >= 11 is 0. The topological polar surface area (TPSA) is 21.3 Å². The number of hydrogen-bond acceptors (Lipinski definition) is 2. The number of rotatable bonds is 3. The van der Waals surface area contributed by atoms with Gasteiger partial charge in [0.2, 0.25) is 5.82 Å². The SMILES string of the molecule is CNC1CCCCCC1Oc1cccc(F)c1F. The molecule has 2 atom stereocenters. The molecule has 0 saturated heterocycles. The van der Waals surface area contributed by atoms with Crippen molar-refractivity contribution in [3.63, 3.8) is 0 Å². The molecule has 0 aliphatic heterocycles. The Balaban J connectivity index is 2.12. The van der Waals surface area contributed by atoms with Crippen LogP contribution in [0.4, 0.5) is 8.78 Å². The van der Waals surface area contributed by atoms with Gasteiger partial charge in [-0.25, -0.2) is 4.39 Å². The summed E-state index contributed by atoms with van der Waals surface area (Å²) in [5.41, 5.74) is 0. The third-order valence-corrected chi connectivity index (χ3v) is 3.52. The highest BCUT2D eigenvalue weighted by Crippen LogP contribution is 2.26. The lowest BCUT2D eigenvalue weighted by Crippen LogP contribution is -2.40. The molecule has 0 heterocycles. The van der Waals surface area contributed by atoms with Gasteiger partial charge in [-0.1, -0.05) is 18.9 Å². The summed E-state index contributed by atoms with van der Waals surface area (Å²) in [4.78, 5) is 0. The first kappa shape index (κ1) is 13.3. The van der Waals surface area contributed by atoms with Crippen LogP contribution in [0, 0.1) is 11.6 Å². The summed E-state index contributed by atoms with van der Waals surface area (Å²) in [6, 6.07) is 4.26. The Hall–Kier alpha value is -1.16. The summed E-state index contributed by atoms with van der Waals surface area (Å²) in [5.74, 6) is -1.74. The number of hydrogen-bond donors (Lipinski definition) is 1. The fraction of sp³-hybridized carbons (Fsp3) is 0.571. The molecule has 0 aromatic heterocycles. The minimum absolute atomic E-state index is 0.0159. The zero-order chi connectivity index (χ0) is 13.0. The second-order valence-electron chi connectivity index (χ2n) is 4.74. The Kier molecular flexibility index (Phi) is 4.53. The van der Waals surface area contributed by atoms with Gasteiger partial charge >= 0.3 is 0 Å². The van der Waals surface area contributed by atoms with Crippen LogP contribution in [0.3, 0.4) is 0 Å². The Morgan fingerprint density at radius 3 is 2.72 bits per heavy atom. The normalized spacial score (nSPS) is 24.6. The summed E-state index contributed by atoms with van der Waals surface area (Å²) in [5, 5.41) is 3.21. The molecule has 1 aliphatic carbocycles. The Morgan fingerprint density at radius 2 is 1.94 bits per heavy atom. The summed E-state index contributed by atoms with van der Waals surface area (Å²) in [6.07, 6.45) is 5.19. The van der Waals surface area contributed by atoms with Gasteiger partial charge in [-0.05, 0) is 38.4 Å². The van der Waals surface area contributed by atoms with Crippen LogP contribution in [0.25, 0.3) is 0 Å². The average Bonchev–Trinajstić information content (AvgIpc) is 2.60. The van der Waals surface area contributed by atoms with Gasteiger partial charge in [0.15, 0.2) is 11.6 Å². The minimum Gasteiger partial charge on any atom is -0.486 e. The van der Waals surface area contributed by atoms with Gasteiger partial charge in [-0.15, -0.1) is 0 Å². The van der Waals surface area contributed by atoms with E-state index >= 15 is 0 Å². The Morgan fingerprint density at radius 1 is 1.17 bits per heavy atom. The van der Waals surface area contributed by atoms with Crippen molar-refractivity contribution < 1.29 is 13.5 Å². The zero-order valence-electron chi connectivity index (χ0n) is 10.6. The number of nitrogens with one attached hydrogen (secondary N) is 1. The van der Waals surface area contributed by atoms with Crippen molar-refractivity contribution in [3.05, 3.63) is 29.8 Å². The van der Waals surface area contributed by atoms with Crippen molar-refractivity contribution in [2.24, 2.45) is 0 Å². The first-order chi connectivity index (χ1) is 8.72. The smallest absolute Gasteiger partial charge is 0.200 e. The van der Waals surface area contributed by atoms with Crippen LogP contribution in [-0.4, -0.2) is 19.2 Å². The van der Waals surface area contributed by atoms with E-state index in [1.54, 1.807) is 0 Å². The predicted molar refractivity (Wildman–Crippen MR) is 66.7 cm³/mol. The van der Waals surface area contributed by atoms with Crippen LogP contribution in [0.15, 0.2) is 18.2 Å². The predicted octanol–water partition coefficient (Wildman–Crippen LogP) is 3.26. The summed E-state index contributed by atoms with van der Waals surface area (Å²) in [7, 11) is 1.88. The highest BCUT2D eigenvalue weighted by atomic mass is 19.2. The summed E-state index contributed by atoms with van der Waals surface area (Å²) in [6.45, 7) is 0. The van der Waals surface area contributed by atoms with Gasteiger partial charge in [0, 0.05) is 6.04 Å². The van der Waals surface area contributed by atoms with Gasteiger partial charge in [0.05, 0.1) is 0 Å². The van der Waals surface area contributed by atoms with Crippen molar-refractivity contribution in [2.45, 2.75) is 44.2 Å². The molecule has 2 unspecified atom stereocenters. The van der Waals surface area contributed by atoms with Gasteiger partial charge < -0.3 is 10.1 Å². The average molecular weight is 255 g/mol. The van der Waals surface area contributed by atoms with Crippen molar-refractivity contribution in [2.75, 3.05) is 7.05 Å².